The van der Waals surface area contributed by atoms with Crippen molar-refractivity contribution in [3.8, 4) is 0 Å². The highest BCUT2D eigenvalue weighted by molar-refractivity contribution is 5.50. The molecule has 1 nitrogen and oxygen atoms in total. The van der Waals surface area contributed by atoms with E-state index >= 15 is 0 Å². The zero-order valence-corrected chi connectivity index (χ0v) is 8.97. The molecule has 1 heteroatoms. The molecule has 2 atom stereocenters. The maximum absolute atomic E-state index is 10.5. The van der Waals surface area contributed by atoms with Gasteiger partial charge in [-0.05, 0) is 37.0 Å². The van der Waals surface area contributed by atoms with Crippen LogP contribution >= 0.6 is 0 Å². The second-order valence-electron chi connectivity index (χ2n) is 5.19. The summed E-state index contributed by atoms with van der Waals surface area (Å²) < 4.78 is 0. The van der Waals surface area contributed by atoms with E-state index in [1.807, 2.05) is 0 Å². The van der Waals surface area contributed by atoms with Crippen LogP contribution in [0.15, 0.2) is 12.2 Å². The molecule has 0 spiro atoms. The van der Waals surface area contributed by atoms with E-state index in [2.05, 4.69) is 27.4 Å². The zero-order valence-electron chi connectivity index (χ0n) is 8.97. The Morgan fingerprint density at radius 3 is 2.62 bits per heavy atom. The second kappa shape index (κ2) is 3.65. The molecule has 13 heavy (non-hydrogen) atoms. The van der Waals surface area contributed by atoms with Gasteiger partial charge in [0.25, 0.3) is 0 Å². The predicted molar refractivity (Wildman–Crippen MR) is 55.5 cm³/mol. The minimum Gasteiger partial charge on any atom is -0.303 e. The average Bonchev–Trinajstić information content (AvgIpc) is 2.26. The Morgan fingerprint density at radius 1 is 1.54 bits per heavy atom. The van der Waals surface area contributed by atoms with E-state index in [-0.39, 0.29) is 0 Å². The number of allylic oxidation sites excluding steroid dienone is 1. The van der Waals surface area contributed by atoms with E-state index < -0.39 is 0 Å². The van der Waals surface area contributed by atoms with Crippen LogP contribution in [0.5, 0.6) is 0 Å². The molecule has 0 aromatic carbocycles. The van der Waals surface area contributed by atoms with E-state index in [4.69, 9.17) is 0 Å². The Hall–Kier alpha value is -0.590. The largest absolute Gasteiger partial charge is 0.303 e. The topological polar surface area (TPSA) is 17.1 Å². The normalized spacial score (nSPS) is 31.6. The van der Waals surface area contributed by atoms with Crippen LogP contribution in [0.25, 0.3) is 0 Å². The van der Waals surface area contributed by atoms with E-state index in [9.17, 15) is 4.79 Å². The van der Waals surface area contributed by atoms with Crippen molar-refractivity contribution in [2.75, 3.05) is 0 Å². The fraction of sp³-hybridized carbons (Fsp3) is 0.750. The number of aldehydes is 1. The number of carbonyl (C=O) groups is 1. The average molecular weight is 180 g/mol. The highest BCUT2D eigenvalue weighted by Gasteiger charge is 2.38. The lowest BCUT2D eigenvalue weighted by Gasteiger charge is -2.17. The molecule has 1 aliphatic carbocycles. The molecule has 0 N–H and O–H groups in total. The monoisotopic (exact) mass is 180 g/mol. The summed E-state index contributed by atoms with van der Waals surface area (Å²) in [5.74, 6) is 1.12. The third kappa shape index (κ3) is 2.43. The SMILES string of the molecule is C=C(C)[C@@H]1CC(C)(C)C[C@@H]1CC=O. The molecular formula is C12H20O. The maximum Gasteiger partial charge on any atom is 0.120 e. The lowest BCUT2D eigenvalue weighted by Crippen LogP contribution is -2.08. The molecule has 74 valence electrons. The number of carbonyl (C=O) groups excluding carboxylic acids is 1. The van der Waals surface area contributed by atoms with Crippen LogP contribution in [-0.2, 0) is 4.79 Å². The van der Waals surface area contributed by atoms with Crippen molar-refractivity contribution in [2.24, 2.45) is 17.3 Å². The fourth-order valence-electron chi connectivity index (χ4n) is 2.65. The van der Waals surface area contributed by atoms with E-state index in [0.717, 1.165) is 6.29 Å². The number of hydrogen-bond acceptors (Lipinski definition) is 1. The Labute approximate surface area is 81.2 Å². The Balaban J connectivity index is 2.71. The summed E-state index contributed by atoms with van der Waals surface area (Å²) in [4.78, 5) is 10.5. The molecule has 0 heterocycles. The smallest absolute Gasteiger partial charge is 0.120 e. The van der Waals surface area contributed by atoms with Crippen LogP contribution in [0.2, 0.25) is 0 Å². The van der Waals surface area contributed by atoms with E-state index in [1.54, 1.807) is 0 Å². The van der Waals surface area contributed by atoms with Crippen molar-refractivity contribution in [3.05, 3.63) is 12.2 Å². The quantitative estimate of drug-likeness (QED) is 0.481. The van der Waals surface area contributed by atoms with Crippen molar-refractivity contribution in [1.29, 1.82) is 0 Å². The summed E-state index contributed by atoms with van der Waals surface area (Å²) in [5.41, 5.74) is 1.65. The van der Waals surface area contributed by atoms with E-state index in [0.29, 0.717) is 23.7 Å². The predicted octanol–water partition coefficient (Wildman–Crippen LogP) is 3.20. The molecule has 0 amide bonds. The number of hydrogen-bond donors (Lipinski definition) is 0. The van der Waals surface area contributed by atoms with Crippen molar-refractivity contribution < 1.29 is 4.79 Å². The standard InChI is InChI=1S/C12H20O/c1-9(2)11-8-12(3,4)7-10(11)5-6-13/h6,10-11H,1,5,7-8H2,2-4H3/t10-,11-/m0/s1. The van der Waals surface area contributed by atoms with Crippen LogP contribution in [0.4, 0.5) is 0 Å². The minimum atomic E-state index is 0.400. The summed E-state index contributed by atoms with van der Waals surface area (Å²) in [6.45, 7) is 10.7. The molecule has 0 radical (unpaired) electrons. The van der Waals surface area contributed by atoms with Crippen LogP contribution in [0.1, 0.15) is 40.0 Å². The first-order valence-electron chi connectivity index (χ1n) is 5.05. The molecule has 1 fully saturated rings. The van der Waals surface area contributed by atoms with Crippen molar-refractivity contribution in [1.82, 2.24) is 0 Å². The molecule has 0 aromatic heterocycles. The fourth-order valence-corrected chi connectivity index (χ4v) is 2.65. The lowest BCUT2D eigenvalue weighted by atomic mass is 9.88. The third-order valence-electron chi connectivity index (χ3n) is 3.19. The van der Waals surface area contributed by atoms with Gasteiger partial charge in [0.15, 0.2) is 0 Å². The molecule has 0 saturated heterocycles. The van der Waals surface area contributed by atoms with Crippen molar-refractivity contribution in [2.45, 2.75) is 40.0 Å². The van der Waals surface area contributed by atoms with Gasteiger partial charge in [-0.2, -0.15) is 0 Å². The molecule has 0 aliphatic heterocycles. The molecule has 0 unspecified atom stereocenters. The Bertz CT molecular complexity index is 215. The molecule has 0 aromatic rings. The van der Waals surface area contributed by atoms with Gasteiger partial charge in [0.1, 0.15) is 6.29 Å². The molecule has 1 aliphatic rings. The highest BCUT2D eigenvalue weighted by Crippen LogP contribution is 2.48. The van der Waals surface area contributed by atoms with Gasteiger partial charge in [-0.3, -0.25) is 0 Å². The van der Waals surface area contributed by atoms with Gasteiger partial charge in [-0.1, -0.05) is 26.0 Å². The zero-order chi connectivity index (χ0) is 10.1. The number of rotatable bonds is 3. The van der Waals surface area contributed by atoms with Crippen LogP contribution in [0, 0.1) is 17.3 Å². The first kappa shape index (κ1) is 10.5. The van der Waals surface area contributed by atoms with Gasteiger partial charge in [-0.15, -0.1) is 0 Å². The van der Waals surface area contributed by atoms with Gasteiger partial charge in [-0.25, -0.2) is 0 Å². The summed E-state index contributed by atoms with van der Waals surface area (Å²) >= 11 is 0. The molecule has 1 rings (SSSR count). The summed E-state index contributed by atoms with van der Waals surface area (Å²) in [7, 11) is 0. The van der Waals surface area contributed by atoms with Crippen molar-refractivity contribution in [3.63, 3.8) is 0 Å². The first-order chi connectivity index (χ1) is 5.96. The molecular weight excluding hydrogens is 160 g/mol. The van der Waals surface area contributed by atoms with E-state index in [1.165, 1.54) is 18.4 Å². The van der Waals surface area contributed by atoms with Gasteiger partial charge in [0, 0.05) is 6.42 Å². The highest BCUT2D eigenvalue weighted by atomic mass is 16.1. The first-order valence-corrected chi connectivity index (χ1v) is 5.05. The van der Waals surface area contributed by atoms with Gasteiger partial charge in [0.05, 0.1) is 0 Å². The van der Waals surface area contributed by atoms with Gasteiger partial charge in [0.2, 0.25) is 0 Å². The Morgan fingerprint density at radius 2 is 2.15 bits per heavy atom. The Kier molecular flexibility index (Phi) is 2.94. The lowest BCUT2D eigenvalue weighted by molar-refractivity contribution is -0.108. The molecule has 0 bridgehead atoms. The summed E-state index contributed by atoms with van der Waals surface area (Å²) in [5, 5.41) is 0. The van der Waals surface area contributed by atoms with Crippen LogP contribution < -0.4 is 0 Å². The summed E-state index contributed by atoms with van der Waals surface area (Å²) in [6, 6.07) is 0. The van der Waals surface area contributed by atoms with Crippen LogP contribution in [-0.4, -0.2) is 6.29 Å². The summed E-state index contributed by atoms with van der Waals surface area (Å²) in [6.07, 6.45) is 4.13. The van der Waals surface area contributed by atoms with Crippen LogP contribution in [0.3, 0.4) is 0 Å². The minimum absolute atomic E-state index is 0.400. The molecule has 1 saturated carbocycles. The maximum atomic E-state index is 10.5. The second-order valence-corrected chi connectivity index (χ2v) is 5.19. The van der Waals surface area contributed by atoms with Crippen molar-refractivity contribution >= 4 is 6.29 Å². The van der Waals surface area contributed by atoms with Gasteiger partial charge < -0.3 is 4.79 Å². The van der Waals surface area contributed by atoms with Gasteiger partial charge >= 0.3 is 0 Å². The third-order valence-corrected chi connectivity index (χ3v) is 3.19.